The minimum atomic E-state index is -0.683. The van der Waals surface area contributed by atoms with Gasteiger partial charge in [-0.3, -0.25) is 9.59 Å². The Morgan fingerprint density at radius 1 is 1.45 bits per heavy atom. The van der Waals surface area contributed by atoms with Crippen LogP contribution in [0.5, 0.6) is 5.75 Å². The second-order valence-corrected chi connectivity index (χ2v) is 5.88. The average molecular weight is 360 g/mol. The van der Waals surface area contributed by atoms with Crippen LogP contribution < -0.4 is 10.1 Å². The van der Waals surface area contributed by atoms with Crippen LogP contribution in [0.1, 0.15) is 5.56 Å². The van der Waals surface area contributed by atoms with E-state index >= 15 is 0 Å². The number of hydrogen-bond donors (Lipinski definition) is 2. The van der Waals surface area contributed by atoms with Crippen LogP contribution in [0.4, 0.5) is 0 Å². The maximum atomic E-state index is 11.9. The van der Waals surface area contributed by atoms with E-state index in [4.69, 9.17) is 9.47 Å². The fraction of sp³-hybridized carbons (Fsp3) is 0.385. The Morgan fingerprint density at radius 3 is 2.60 bits per heavy atom. The zero-order valence-electron chi connectivity index (χ0n) is 10.7. The van der Waals surface area contributed by atoms with Crippen molar-refractivity contribution >= 4 is 40.4 Å². The van der Waals surface area contributed by atoms with Gasteiger partial charge in [0.25, 0.3) is 0 Å². The lowest BCUT2D eigenvalue weighted by Crippen LogP contribution is -2.60. The van der Waals surface area contributed by atoms with Crippen molar-refractivity contribution in [1.82, 2.24) is 5.32 Å². The summed E-state index contributed by atoms with van der Waals surface area (Å²) in [5, 5.41) is 2.23. The predicted molar refractivity (Wildman–Crippen MR) is 79.9 cm³/mol. The highest BCUT2D eigenvalue weighted by atomic mass is 79.9. The highest BCUT2D eigenvalue weighted by Gasteiger charge is 2.45. The summed E-state index contributed by atoms with van der Waals surface area (Å²) >= 11 is 7.34. The van der Waals surface area contributed by atoms with Crippen molar-refractivity contribution in [3.8, 4) is 5.75 Å². The van der Waals surface area contributed by atoms with Gasteiger partial charge >= 0.3 is 5.97 Å². The van der Waals surface area contributed by atoms with E-state index in [1.54, 1.807) is 19.2 Å². The molecule has 1 heterocycles. The number of hydrogen-bond acceptors (Lipinski definition) is 5. The molecule has 1 aliphatic rings. The van der Waals surface area contributed by atoms with Gasteiger partial charge in [-0.15, -0.1) is 0 Å². The van der Waals surface area contributed by atoms with E-state index in [9.17, 15) is 9.59 Å². The average Bonchev–Trinajstić information content (AvgIpc) is 2.44. The summed E-state index contributed by atoms with van der Waals surface area (Å²) in [4.78, 5) is 22.5. The number of carbonyl (C=O) groups excluding carboxylic acids is 2. The fourth-order valence-electron chi connectivity index (χ4n) is 1.77. The molecule has 0 bridgehead atoms. The minimum absolute atomic E-state index is 0.149. The van der Waals surface area contributed by atoms with Gasteiger partial charge in [-0.2, -0.15) is 12.6 Å². The summed E-state index contributed by atoms with van der Waals surface area (Å²) in [6.45, 7) is 0.149. The summed E-state index contributed by atoms with van der Waals surface area (Å²) in [5.74, 6) is -0.433. The molecule has 0 aliphatic carbocycles. The molecule has 1 unspecified atom stereocenters. The molecule has 20 heavy (non-hydrogen) atoms. The molecular formula is C13H14BrNO4S. The number of halogens is 1. The lowest BCUT2D eigenvalue weighted by atomic mass is 9.97. The molecule has 3 atom stereocenters. The predicted octanol–water partition coefficient (Wildman–Crippen LogP) is 1.50. The van der Waals surface area contributed by atoms with Gasteiger partial charge in [-0.1, -0.05) is 28.1 Å². The van der Waals surface area contributed by atoms with E-state index in [-0.39, 0.29) is 17.9 Å². The van der Waals surface area contributed by atoms with Crippen LogP contribution in [0.25, 0.3) is 0 Å². The second kappa shape index (κ2) is 6.49. The van der Waals surface area contributed by atoms with Crippen molar-refractivity contribution in [3.05, 3.63) is 29.8 Å². The maximum absolute atomic E-state index is 11.9. The SMILES string of the molecule is COc1ccc(COC(=O)C(Br)[C@@H]2C(=O)N[C@@H]2S)cc1. The molecule has 1 N–H and O–H groups in total. The molecule has 1 saturated heterocycles. The Labute approximate surface area is 130 Å². The van der Waals surface area contributed by atoms with E-state index in [0.717, 1.165) is 11.3 Å². The highest BCUT2D eigenvalue weighted by molar-refractivity contribution is 9.10. The quantitative estimate of drug-likeness (QED) is 0.362. The molecule has 7 heteroatoms. The van der Waals surface area contributed by atoms with Gasteiger partial charge in [0.05, 0.1) is 18.4 Å². The van der Waals surface area contributed by atoms with Gasteiger partial charge < -0.3 is 14.8 Å². The number of methoxy groups -OCH3 is 1. The van der Waals surface area contributed by atoms with Crippen LogP contribution >= 0.6 is 28.6 Å². The number of β-lactam (4-membered cyclic amide) rings is 1. The van der Waals surface area contributed by atoms with Crippen molar-refractivity contribution in [1.29, 1.82) is 0 Å². The second-order valence-electron chi connectivity index (χ2n) is 4.34. The largest absolute Gasteiger partial charge is 0.497 e. The highest BCUT2D eigenvalue weighted by Crippen LogP contribution is 2.28. The minimum Gasteiger partial charge on any atom is -0.497 e. The smallest absolute Gasteiger partial charge is 0.321 e. The van der Waals surface area contributed by atoms with Gasteiger partial charge in [0.2, 0.25) is 5.91 Å². The zero-order valence-corrected chi connectivity index (χ0v) is 13.2. The Morgan fingerprint density at radius 2 is 2.10 bits per heavy atom. The first kappa shape index (κ1) is 15.2. The number of nitrogens with one attached hydrogen (secondary N) is 1. The lowest BCUT2D eigenvalue weighted by Gasteiger charge is -2.35. The van der Waals surface area contributed by atoms with Gasteiger partial charge in [-0.05, 0) is 17.7 Å². The molecule has 1 amide bonds. The molecule has 2 rings (SSSR count). The molecule has 108 valence electrons. The third-order valence-corrected chi connectivity index (χ3v) is 4.41. The Kier molecular flexibility index (Phi) is 4.93. The maximum Gasteiger partial charge on any atom is 0.321 e. The molecule has 1 aromatic rings. The molecule has 1 aliphatic heterocycles. The molecular weight excluding hydrogens is 346 g/mol. The summed E-state index contributed by atoms with van der Waals surface area (Å²) in [7, 11) is 1.59. The van der Waals surface area contributed by atoms with Crippen molar-refractivity contribution < 1.29 is 19.1 Å². The number of carbonyl (C=O) groups is 2. The Bertz CT molecular complexity index is 508. The first-order valence-electron chi connectivity index (χ1n) is 5.95. The van der Waals surface area contributed by atoms with Crippen molar-refractivity contribution in [3.63, 3.8) is 0 Å². The zero-order chi connectivity index (χ0) is 14.7. The third kappa shape index (κ3) is 3.27. The van der Waals surface area contributed by atoms with Crippen molar-refractivity contribution in [2.24, 2.45) is 5.92 Å². The van der Waals surface area contributed by atoms with Gasteiger partial charge in [0.1, 0.15) is 17.2 Å². The van der Waals surface area contributed by atoms with Crippen LogP contribution in [-0.2, 0) is 20.9 Å². The number of thiol groups is 1. The van der Waals surface area contributed by atoms with E-state index in [1.807, 2.05) is 12.1 Å². The van der Waals surface area contributed by atoms with E-state index < -0.39 is 16.7 Å². The number of ether oxygens (including phenoxy) is 2. The number of rotatable bonds is 5. The van der Waals surface area contributed by atoms with Gasteiger partial charge in [-0.25, -0.2) is 0 Å². The van der Waals surface area contributed by atoms with Gasteiger partial charge in [0.15, 0.2) is 0 Å². The molecule has 0 radical (unpaired) electrons. The van der Waals surface area contributed by atoms with Crippen LogP contribution in [0.3, 0.4) is 0 Å². The van der Waals surface area contributed by atoms with E-state index in [2.05, 4.69) is 33.9 Å². The van der Waals surface area contributed by atoms with Crippen LogP contribution in [0.15, 0.2) is 24.3 Å². The number of esters is 1. The summed E-state index contributed by atoms with van der Waals surface area (Å²) in [5.41, 5.74) is 0.847. The summed E-state index contributed by atoms with van der Waals surface area (Å²) in [6.07, 6.45) is 0. The topological polar surface area (TPSA) is 64.6 Å². The Balaban J connectivity index is 1.86. The molecule has 0 spiro atoms. The third-order valence-electron chi connectivity index (χ3n) is 3.01. The number of amides is 1. The standard InChI is InChI=1S/C13H14BrNO4S/c1-18-8-4-2-7(3-5-8)6-19-13(17)10(14)9-11(16)15-12(9)20/h2-5,9-10,12,20H,6H2,1H3,(H,15,16)/t9-,10?,12-/m1/s1. The van der Waals surface area contributed by atoms with Crippen molar-refractivity contribution in [2.45, 2.75) is 16.8 Å². The monoisotopic (exact) mass is 359 g/mol. The van der Waals surface area contributed by atoms with Crippen LogP contribution in [-0.4, -0.2) is 29.2 Å². The molecule has 0 aromatic heterocycles. The first-order chi connectivity index (χ1) is 9.52. The van der Waals surface area contributed by atoms with Crippen molar-refractivity contribution in [2.75, 3.05) is 7.11 Å². The van der Waals surface area contributed by atoms with Gasteiger partial charge in [0, 0.05) is 0 Å². The molecule has 0 saturated carbocycles. The van der Waals surface area contributed by atoms with Crippen LogP contribution in [0, 0.1) is 5.92 Å². The lowest BCUT2D eigenvalue weighted by molar-refractivity contribution is -0.149. The summed E-state index contributed by atoms with van der Waals surface area (Å²) in [6, 6.07) is 7.20. The normalized spacial score (nSPS) is 22.4. The number of benzene rings is 1. The molecule has 1 aromatic carbocycles. The van der Waals surface area contributed by atoms with Crippen LogP contribution in [0.2, 0.25) is 0 Å². The molecule has 5 nitrogen and oxygen atoms in total. The number of alkyl halides is 1. The molecule has 1 fully saturated rings. The Hall–Kier alpha value is -1.21. The van der Waals surface area contributed by atoms with E-state index in [0.29, 0.717) is 0 Å². The first-order valence-corrected chi connectivity index (χ1v) is 7.38. The summed E-state index contributed by atoms with van der Waals surface area (Å²) < 4.78 is 10.2. The fourth-order valence-corrected chi connectivity index (χ4v) is 3.12. The van der Waals surface area contributed by atoms with E-state index in [1.165, 1.54) is 0 Å².